The molecule has 0 aliphatic heterocycles. The van der Waals surface area contributed by atoms with Crippen LogP contribution in [0, 0.1) is 19.7 Å². The molecular formula is C14H12FN5O. The van der Waals surface area contributed by atoms with Crippen molar-refractivity contribution in [3.05, 3.63) is 53.4 Å². The Kier molecular flexibility index (Phi) is 3.09. The topological polar surface area (TPSA) is 72.2 Å². The number of amides is 1. The van der Waals surface area contributed by atoms with E-state index in [1.54, 1.807) is 0 Å². The Morgan fingerprint density at radius 2 is 1.90 bits per heavy atom. The van der Waals surface area contributed by atoms with E-state index in [0.717, 1.165) is 11.4 Å². The molecule has 3 aromatic rings. The van der Waals surface area contributed by atoms with Crippen molar-refractivity contribution in [1.29, 1.82) is 0 Å². The van der Waals surface area contributed by atoms with Gasteiger partial charge in [0.15, 0.2) is 0 Å². The lowest BCUT2D eigenvalue weighted by molar-refractivity contribution is 0.101. The van der Waals surface area contributed by atoms with Gasteiger partial charge in [-0.15, -0.1) is 5.10 Å². The lowest BCUT2D eigenvalue weighted by Crippen LogP contribution is -2.14. The molecule has 0 aliphatic rings. The van der Waals surface area contributed by atoms with E-state index in [-0.39, 0.29) is 11.6 Å². The lowest BCUT2D eigenvalue weighted by atomic mass is 10.3. The first-order chi connectivity index (χ1) is 10.0. The van der Waals surface area contributed by atoms with Crippen LogP contribution in [0.4, 0.5) is 10.1 Å². The highest BCUT2D eigenvalue weighted by molar-refractivity contribution is 6.01. The van der Waals surface area contributed by atoms with Gasteiger partial charge in [0.1, 0.15) is 5.82 Å². The maximum absolute atomic E-state index is 12.8. The number of anilines is 1. The van der Waals surface area contributed by atoms with E-state index in [4.69, 9.17) is 0 Å². The molecule has 1 N–H and O–H groups in total. The predicted octanol–water partition coefficient (Wildman–Crippen LogP) is 2.13. The Bertz CT molecular complexity index is 825. The quantitative estimate of drug-likeness (QED) is 0.783. The highest BCUT2D eigenvalue weighted by Crippen LogP contribution is 2.10. The number of carbonyl (C=O) groups is 1. The van der Waals surface area contributed by atoms with E-state index < -0.39 is 5.91 Å². The van der Waals surface area contributed by atoms with Crippen LogP contribution in [0.5, 0.6) is 0 Å². The number of nitrogens with one attached hydrogen (secondary N) is 1. The van der Waals surface area contributed by atoms with Crippen LogP contribution in [0.1, 0.15) is 22.0 Å². The molecule has 0 bridgehead atoms. The number of halogens is 1. The molecule has 106 valence electrons. The summed E-state index contributed by atoms with van der Waals surface area (Å²) in [4.78, 5) is 20.4. The van der Waals surface area contributed by atoms with E-state index in [2.05, 4.69) is 20.4 Å². The number of carbonyl (C=O) groups excluding carboxylic acids is 1. The number of aryl methyl sites for hydroxylation is 2. The minimum absolute atomic E-state index is 0.0144. The van der Waals surface area contributed by atoms with Crippen molar-refractivity contribution in [2.75, 3.05) is 5.32 Å². The number of aromatic nitrogens is 4. The van der Waals surface area contributed by atoms with Gasteiger partial charge in [-0.1, -0.05) is 0 Å². The standard InChI is InChI=1S/C14H12FN5O/c1-8-7-9(2)20-14(16-8)18-12(19-20)13(21)17-11-5-3-10(15)4-6-11/h3-7H,1-2H3,(H,17,21). The lowest BCUT2D eigenvalue weighted by Gasteiger charge is -2.01. The average molecular weight is 285 g/mol. The van der Waals surface area contributed by atoms with Crippen molar-refractivity contribution in [2.45, 2.75) is 13.8 Å². The first-order valence-electron chi connectivity index (χ1n) is 6.31. The fraction of sp³-hybridized carbons (Fsp3) is 0.143. The molecule has 0 spiro atoms. The summed E-state index contributed by atoms with van der Waals surface area (Å²) in [7, 11) is 0. The summed E-state index contributed by atoms with van der Waals surface area (Å²) in [5.74, 6) is -0.449. The van der Waals surface area contributed by atoms with Crippen LogP contribution >= 0.6 is 0 Å². The van der Waals surface area contributed by atoms with Crippen LogP contribution in [0.3, 0.4) is 0 Å². The van der Waals surface area contributed by atoms with Gasteiger partial charge in [-0.3, -0.25) is 4.79 Å². The monoisotopic (exact) mass is 285 g/mol. The molecule has 21 heavy (non-hydrogen) atoms. The predicted molar refractivity (Wildman–Crippen MR) is 74.6 cm³/mol. The molecule has 1 aromatic carbocycles. The molecule has 0 saturated carbocycles. The van der Waals surface area contributed by atoms with Gasteiger partial charge in [0.05, 0.1) is 0 Å². The summed E-state index contributed by atoms with van der Waals surface area (Å²) in [5.41, 5.74) is 2.12. The van der Waals surface area contributed by atoms with Gasteiger partial charge in [-0.05, 0) is 44.2 Å². The van der Waals surface area contributed by atoms with Gasteiger partial charge in [0, 0.05) is 17.1 Å². The molecule has 1 amide bonds. The van der Waals surface area contributed by atoms with Crippen LogP contribution in [0.15, 0.2) is 30.3 Å². The molecule has 3 rings (SSSR count). The van der Waals surface area contributed by atoms with Crippen LogP contribution in [0.2, 0.25) is 0 Å². The van der Waals surface area contributed by atoms with E-state index in [1.807, 2.05) is 19.9 Å². The zero-order chi connectivity index (χ0) is 15.0. The molecule has 2 aromatic heterocycles. The SMILES string of the molecule is Cc1cc(C)n2nc(C(=O)Nc3ccc(F)cc3)nc2n1. The Morgan fingerprint density at radius 1 is 1.19 bits per heavy atom. The maximum atomic E-state index is 12.8. The highest BCUT2D eigenvalue weighted by Gasteiger charge is 2.15. The van der Waals surface area contributed by atoms with Crippen LogP contribution in [-0.4, -0.2) is 25.5 Å². The first-order valence-corrected chi connectivity index (χ1v) is 6.31. The third kappa shape index (κ3) is 2.58. The molecule has 0 fully saturated rings. The number of hydrogen-bond donors (Lipinski definition) is 1. The minimum Gasteiger partial charge on any atom is -0.319 e. The zero-order valence-corrected chi connectivity index (χ0v) is 11.5. The Hall–Kier alpha value is -2.83. The molecular weight excluding hydrogens is 273 g/mol. The number of nitrogens with zero attached hydrogens (tertiary/aromatic N) is 4. The van der Waals surface area contributed by atoms with Crippen molar-refractivity contribution < 1.29 is 9.18 Å². The number of benzene rings is 1. The number of rotatable bonds is 2. The summed E-state index contributed by atoms with van der Waals surface area (Å²) in [6, 6.07) is 7.32. The number of hydrogen-bond acceptors (Lipinski definition) is 4. The molecule has 0 atom stereocenters. The molecule has 6 nitrogen and oxygen atoms in total. The van der Waals surface area contributed by atoms with Gasteiger partial charge in [-0.2, -0.15) is 4.98 Å². The molecule has 0 aliphatic carbocycles. The van der Waals surface area contributed by atoms with Crippen molar-refractivity contribution in [3.63, 3.8) is 0 Å². The van der Waals surface area contributed by atoms with E-state index in [0.29, 0.717) is 11.5 Å². The second kappa shape index (κ2) is 4.93. The Labute approximate surface area is 119 Å². The minimum atomic E-state index is -0.468. The normalized spacial score (nSPS) is 10.8. The van der Waals surface area contributed by atoms with E-state index >= 15 is 0 Å². The Morgan fingerprint density at radius 3 is 2.62 bits per heavy atom. The number of fused-ring (bicyclic) bond motifs is 1. The summed E-state index contributed by atoms with van der Waals surface area (Å²) < 4.78 is 14.3. The Balaban J connectivity index is 1.91. The second-order valence-electron chi connectivity index (χ2n) is 4.65. The van der Waals surface area contributed by atoms with E-state index in [1.165, 1.54) is 28.8 Å². The third-order valence-corrected chi connectivity index (χ3v) is 2.92. The fourth-order valence-corrected chi connectivity index (χ4v) is 1.98. The average Bonchev–Trinajstić information content (AvgIpc) is 2.85. The van der Waals surface area contributed by atoms with Gasteiger partial charge in [-0.25, -0.2) is 13.9 Å². The largest absolute Gasteiger partial charge is 0.319 e. The zero-order valence-electron chi connectivity index (χ0n) is 11.5. The van der Waals surface area contributed by atoms with Gasteiger partial charge >= 0.3 is 0 Å². The summed E-state index contributed by atoms with van der Waals surface area (Å²) >= 11 is 0. The van der Waals surface area contributed by atoms with Crippen LogP contribution < -0.4 is 5.32 Å². The first kappa shape index (κ1) is 13.2. The molecule has 2 heterocycles. The van der Waals surface area contributed by atoms with Crippen LogP contribution in [0.25, 0.3) is 5.78 Å². The summed E-state index contributed by atoms with van der Waals surface area (Å²) in [5, 5.41) is 6.73. The van der Waals surface area contributed by atoms with Crippen LogP contribution in [-0.2, 0) is 0 Å². The molecule has 0 radical (unpaired) electrons. The smallest absolute Gasteiger partial charge is 0.295 e. The van der Waals surface area contributed by atoms with Gasteiger partial charge in [0.25, 0.3) is 11.7 Å². The second-order valence-corrected chi connectivity index (χ2v) is 4.65. The van der Waals surface area contributed by atoms with Gasteiger partial charge < -0.3 is 5.32 Å². The van der Waals surface area contributed by atoms with Crippen molar-refractivity contribution in [1.82, 2.24) is 19.6 Å². The van der Waals surface area contributed by atoms with E-state index in [9.17, 15) is 9.18 Å². The molecule has 0 saturated heterocycles. The van der Waals surface area contributed by atoms with Crippen molar-refractivity contribution >= 4 is 17.4 Å². The summed E-state index contributed by atoms with van der Waals surface area (Å²) in [6.07, 6.45) is 0. The summed E-state index contributed by atoms with van der Waals surface area (Å²) in [6.45, 7) is 3.71. The van der Waals surface area contributed by atoms with Crippen molar-refractivity contribution in [3.8, 4) is 0 Å². The fourth-order valence-electron chi connectivity index (χ4n) is 1.98. The molecule has 7 heteroatoms. The van der Waals surface area contributed by atoms with Crippen molar-refractivity contribution in [2.24, 2.45) is 0 Å². The van der Waals surface area contributed by atoms with Gasteiger partial charge in [0.2, 0.25) is 5.82 Å². The highest BCUT2D eigenvalue weighted by atomic mass is 19.1. The third-order valence-electron chi connectivity index (χ3n) is 2.92. The molecule has 0 unspecified atom stereocenters. The maximum Gasteiger partial charge on any atom is 0.295 e.